The number of hydrogen-bond acceptors (Lipinski definition) is 4. The summed E-state index contributed by atoms with van der Waals surface area (Å²) in [6, 6.07) is 12.3. The SMILES string of the molecule is CCCCn1nc(C(=O)NNC(=O)c2ccc(C)cc2C)c2ccccc2c1=O. The Morgan fingerprint density at radius 3 is 2.38 bits per heavy atom. The number of amides is 2. The zero-order valence-electron chi connectivity index (χ0n) is 16.8. The zero-order chi connectivity index (χ0) is 21.0. The van der Waals surface area contributed by atoms with Gasteiger partial charge in [0.1, 0.15) is 0 Å². The molecular weight excluding hydrogens is 368 g/mol. The molecular formula is C22H24N4O3. The van der Waals surface area contributed by atoms with Crippen molar-refractivity contribution in [1.82, 2.24) is 20.6 Å². The molecule has 0 saturated heterocycles. The number of nitrogens with zero attached hydrogens (tertiary/aromatic N) is 2. The van der Waals surface area contributed by atoms with Crippen LogP contribution < -0.4 is 16.4 Å². The Morgan fingerprint density at radius 1 is 1.00 bits per heavy atom. The Morgan fingerprint density at radius 2 is 1.69 bits per heavy atom. The van der Waals surface area contributed by atoms with Gasteiger partial charge >= 0.3 is 0 Å². The highest BCUT2D eigenvalue weighted by molar-refractivity contribution is 6.06. The van der Waals surface area contributed by atoms with Crippen molar-refractivity contribution < 1.29 is 9.59 Å². The van der Waals surface area contributed by atoms with Crippen LogP contribution in [0.3, 0.4) is 0 Å². The van der Waals surface area contributed by atoms with Crippen molar-refractivity contribution in [3.05, 3.63) is 75.2 Å². The van der Waals surface area contributed by atoms with E-state index < -0.39 is 11.8 Å². The van der Waals surface area contributed by atoms with Crippen molar-refractivity contribution in [2.45, 2.75) is 40.2 Å². The number of fused-ring (bicyclic) bond motifs is 1. The number of nitrogens with one attached hydrogen (secondary N) is 2. The summed E-state index contributed by atoms with van der Waals surface area (Å²) in [5, 5.41) is 5.13. The third-order valence-electron chi connectivity index (χ3n) is 4.72. The lowest BCUT2D eigenvalue weighted by atomic mass is 10.1. The average molecular weight is 392 g/mol. The molecule has 0 aliphatic rings. The van der Waals surface area contributed by atoms with Crippen molar-refractivity contribution in [1.29, 1.82) is 0 Å². The average Bonchev–Trinajstić information content (AvgIpc) is 2.71. The van der Waals surface area contributed by atoms with E-state index >= 15 is 0 Å². The molecule has 0 aliphatic carbocycles. The summed E-state index contributed by atoms with van der Waals surface area (Å²) in [7, 11) is 0. The fourth-order valence-electron chi connectivity index (χ4n) is 3.17. The summed E-state index contributed by atoms with van der Waals surface area (Å²) in [4.78, 5) is 37.8. The lowest BCUT2D eigenvalue weighted by Crippen LogP contribution is -2.43. The number of benzene rings is 2. The summed E-state index contributed by atoms with van der Waals surface area (Å²) in [5.41, 5.74) is 7.05. The smallest absolute Gasteiger partial charge is 0.267 e. The summed E-state index contributed by atoms with van der Waals surface area (Å²) < 4.78 is 1.31. The van der Waals surface area contributed by atoms with Crippen molar-refractivity contribution >= 4 is 22.6 Å². The molecule has 0 aliphatic heterocycles. The summed E-state index contributed by atoms with van der Waals surface area (Å²) in [6.07, 6.45) is 1.67. The first kappa shape index (κ1) is 20.3. The van der Waals surface area contributed by atoms with Crippen LogP contribution in [0.25, 0.3) is 10.8 Å². The molecule has 7 nitrogen and oxygen atoms in total. The number of carbonyl (C=O) groups is 2. The Balaban J connectivity index is 1.87. The van der Waals surface area contributed by atoms with Crippen molar-refractivity contribution in [2.75, 3.05) is 0 Å². The second-order valence-electron chi connectivity index (χ2n) is 7.00. The number of unbranched alkanes of at least 4 members (excludes halogenated alkanes) is 1. The van der Waals surface area contributed by atoms with Gasteiger partial charge in [-0.3, -0.25) is 25.2 Å². The predicted molar refractivity (Wildman–Crippen MR) is 112 cm³/mol. The van der Waals surface area contributed by atoms with Gasteiger partial charge in [0.2, 0.25) is 0 Å². The van der Waals surface area contributed by atoms with Gasteiger partial charge in [0, 0.05) is 17.5 Å². The topological polar surface area (TPSA) is 93.1 Å². The van der Waals surface area contributed by atoms with E-state index in [4.69, 9.17) is 0 Å². The molecule has 3 aromatic rings. The summed E-state index contributed by atoms with van der Waals surface area (Å²) >= 11 is 0. The van der Waals surface area contributed by atoms with Gasteiger partial charge in [-0.25, -0.2) is 4.68 Å². The molecule has 0 saturated carbocycles. The Bertz CT molecular complexity index is 1130. The maximum Gasteiger partial charge on any atom is 0.290 e. The third kappa shape index (κ3) is 4.34. The lowest BCUT2D eigenvalue weighted by molar-refractivity contribution is 0.0843. The monoisotopic (exact) mass is 392 g/mol. The molecule has 0 spiro atoms. The maximum absolute atomic E-state index is 12.8. The molecule has 7 heteroatoms. The van der Waals surface area contributed by atoms with E-state index in [2.05, 4.69) is 16.0 Å². The minimum atomic E-state index is -0.579. The molecule has 2 N–H and O–H groups in total. The molecule has 150 valence electrons. The van der Waals surface area contributed by atoms with E-state index in [1.165, 1.54) is 4.68 Å². The molecule has 1 heterocycles. The molecule has 0 radical (unpaired) electrons. The molecule has 2 aromatic carbocycles. The molecule has 0 unspecified atom stereocenters. The number of aryl methyl sites for hydroxylation is 3. The van der Waals surface area contributed by atoms with E-state index in [0.29, 0.717) is 22.9 Å². The van der Waals surface area contributed by atoms with E-state index in [9.17, 15) is 14.4 Å². The van der Waals surface area contributed by atoms with Crippen LogP contribution in [0.15, 0.2) is 47.3 Å². The van der Waals surface area contributed by atoms with Crippen LogP contribution in [0.4, 0.5) is 0 Å². The molecule has 29 heavy (non-hydrogen) atoms. The number of carbonyl (C=O) groups excluding carboxylic acids is 2. The molecule has 3 rings (SSSR count). The zero-order valence-corrected chi connectivity index (χ0v) is 16.8. The predicted octanol–water partition coefficient (Wildman–Crippen LogP) is 2.89. The standard InChI is InChI=1S/C22H24N4O3/c1-4-5-12-26-22(29)18-9-7-6-8-17(18)19(25-26)21(28)24-23-20(27)16-11-10-14(2)13-15(16)3/h6-11,13H,4-5,12H2,1-3H3,(H,23,27)(H,24,28). The third-order valence-corrected chi connectivity index (χ3v) is 4.72. The van der Waals surface area contributed by atoms with E-state index in [1.807, 2.05) is 32.9 Å². The molecule has 2 amide bonds. The first-order valence-corrected chi connectivity index (χ1v) is 9.60. The highest BCUT2D eigenvalue weighted by atomic mass is 16.2. The fourth-order valence-corrected chi connectivity index (χ4v) is 3.17. The highest BCUT2D eigenvalue weighted by Gasteiger charge is 2.18. The first-order chi connectivity index (χ1) is 13.9. The van der Waals surface area contributed by atoms with Crippen LogP contribution in [-0.4, -0.2) is 21.6 Å². The fraction of sp³-hybridized carbons (Fsp3) is 0.273. The van der Waals surface area contributed by atoms with Gasteiger partial charge in [-0.05, 0) is 38.0 Å². The van der Waals surface area contributed by atoms with Crippen LogP contribution in [0.2, 0.25) is 0 Å². The first-order valence-electron chi connectivity index (χ1n) is 9.60. The summed E-state index contributed by atoms with van der Waals surface area (Å²) in [6.45, 7) is 6.22. The van der Waals surface area contributed by atoms with Crippen molar-refractivity contribution in [3.63, 3.8) is 0 Å². The number of hydrazine groups is 1. The lowest BCUT2D eigenvalue weighted by Gasteiger charge is -2.12. The number of aromatic nitrogens is 2. The second kappa shape index (κ2) is 8.68. The van der Waals surface area contributed by atoms with Gasteiger partial charge < -0.3 is 0 Å². The van der Waals surface area contributed by atoms with E-state index in [0.717, 1.165) is 24.0 Å². The van der Waals surface area contributed by atoms with Crippen LogP contribution in [-0.2, 0) is 6.54 Å². The number of hydrogen-bond donors (Lipinski definition) is 2. The van der Waals surface area contributed by atoms with E-state index in [-0.39, 0.29) is 11.3 Å². The van der Waals surface area contributed by atoms with Crippen LogP contribution in [0.1, 0.15) is 51.7 Å². The minimum Gasteiger partial charge on any atom is -0.267 e. The van der Waals surface area contributed by atoms with Gasteiger partial charge in [0.05, 0.1) is 5.39 Å². The van der Waals surface area contributed by atoms with Crippen LogP contribution in [0, 0.1) is 13.8 Å². The molecule has 0 atom stereocenters. The normalized spacial score (nSPS) is 10.7. The molecule has 1 aromatic heterocycles. The minimum absolute atomic E-state index is 0.0947. The van der Waals surface area contributed by atoms with Crippen molar-refractivity contribution in [2.24, 2.45) is 0 Å². The Kier molecular flexibility index (Phi) is 6.07. The maximum atomic E-state index is 12.8. The van der Waals surface area contributed by atoms with E-state index in [1.54, 1.807) is 30.3 Å². The second-order valence-corrected chi connectivity index (χ2v) is 7.00. The molecule has 0 fully saturated rings. The van der Waals surface area contributed by atoms with Crippen LogP contribution in [0.5, 0.6) is 0 Å². The van der Waals surface area contributed by atoms with Gasteiger partial charge in [0.25, 0.3) is 17.4 Å². The van der Waals surface area contributed by atoms with Crippen molar-refractivity contribution in [3.8, 4) is 0 Å². The van der Waals surface area contributed by atoms with Gasteiger partial charge in [0.15, 0.2) is 5.69 Å². The largest absolute Gasteiger partial charge is 0.290 e. The number of rotatable bonds is 5. The highest BCUT2D eigenvalue weighted by Crippen LogP contribution is 2.14. The quantitative estimate of drug-likeness (QED) is 0.653. The summed E-state index contributed by atoms with van der Waals surface area (Å²) in [5.74, 6) is -0.996. The molecule has 0 bridgehead atoms. The van der Waals surface area contributed by atoms with Gasteiger partial charge in [-0.1, -0.05) is 49.2 Å². The Hall–Kier alpha value is -3.48. The van der Waals surface area contributed by atoms with Gasteiger partial charge in [-0.15, -0.1) is 0 Å². The van der Waals surface area contributed by atoms with Gasteiger partial charge in [-0.2, -0.15) is 5.10 Å². The van der Waals surface area contributed by atoms with Crippen LogP contribution >= 0.6 is 0 Å². The Labute approximate surface area is 168 Å².